The van der Waals surface area contributed by atoms with Crippen molar-refractivity contribution in [3.05, 3.63) is 32.4 Å². The van der Waals surface area contributed by atoms with Crippen LogP contribution in [-0.4, -0.2) is 37.0 Å². The lowest BCUT2D eigenvalue weighted by Gasteiger charge is -2.26. The van der Waals surface area contributed by atoms with Gasteiger partial charge in [0.05, 0.1) is 5.02 Å². The third-order valence-corrected chi connectivity index (χ3v) is 5.14. The minimum atomic E-state index is -0.0399. The number of nitrogens with zero attached hydrogens (tertiary/aromatic N) is 1. The Hall–Kier alpha value is -0.330. The number of benzene rings is 1. The molecule has 1 heterocycles. The molecule has 0 spiro atoms. The number of hydrogen-bond acceptors (Lipinski definition) is 2. The number of piperidine rings is 1. The molecule has 1 saturated heterocycles. The Morgan fingerprint density at radius 1 is 1.30 bits per heavy atom. The maximum absolute atomic E-state index is 12.0. The van der Waals surface area contributed by atoms with E-state index in [1.807, 2.05) is 12.1 Å². The van der Waals surface area contributed by atoms with Crippen molar-refractivity contribution in [1.29, 1.82) is 0 Å². The number of likely N-dealkylation sites (tertiary alicyclic amines) is 1. The lowest BCUT2D eigenvalue weighted by molar-refractivity contribution is 0.0951. The Morgan fingerprint density at radius 2 is 2.05 bits per heavy atom. The van der Waals surface area contributed by atoms with Crippen LogP contribution in [0.2, 0.25) is 5.02 Å². The molecule has 0 saturated carbocycles. The second kappa shape index (κ2) is 8.20. The number of hydrogen-bond donors (Lipinski definition) is 1. The van der Waals surface area contributed by atoms with Gasteiger partial charge in [0.15, 0.2) is 0 Å². The molecule has 20 heavy (non-hydrogen) atoms. The summed E-state index contributed by atoms with van der Waals surface area (Å²) in [5.74, 6) is -0.0399. The van der Waals surface area contributed by atoms with E-state index in [0.29, 0.717) is 10.6 Å². The van der Waals surface area contributed by atoms with E-state index in [1.165, 1.54) is 32.4 Å². The summed E-state index contributed by atoms with van der Waals surface area (Å²) in [6.07, 6.45) is 4.99. The number of halogens is 2. The van der Waals surface area contributed by atoms with Crippen LogP contribution in [0.15, 0.2) is 18.2 Å². The van der Waals surface area contributed by atoms with Crippen LogP contribution in [0, 0.1) is 3.57 Å². The maximum Gasteiger partial charge on any atom is 0.251 e. The first-order valence-electron chi connectivity index (χ1n) is 7.12. The van der Waals surface area contributed by atoms with Crippen LogP contribution in [0.3, 0.4) is 0 Å². The monoisotopic (exact) mass is 406 g/mol. The zero-order valence-corrected chi connectivity index (χ0v) is 14.4. The van der Waals surface area contributed by atoms with Gasteiger partial charge in [0.25, 0.3) is 5.91 Å². The van der Waals surface area contributed by atoms with Gasteiger partial charge in [-0.1, -0.05) is 18.0 Å². The first-order valence-corrected chi connectivity index (χ1v) is 8.58. The molecule has 0 radical (unpaired) electrons. The van der Waals surface area contributed by atoms with Crippen molar-refractivity contribution in [2.45, 2.75) is 25.7 Å². The summed E-state index contributed by atoms with van der Waals surface area (Å²) < 4.78 is 0.964. The predicted octanol–water partition coefficient (Wildman–Crippen LogP) is 3.55. The Bertz CT molecular complexity index is 461. The number of carbonyl (C=O) groups is 1. The molecule has 0 unspecified atom stereocenters. The third-order valence-electron chi connectivity index (χ3n) is 3.57. The highest BCUT2D eigenvalue weighted by atomic mass is 127. The molecule has 110 valence electrons. The Morgan fingerprint density at radius 3 is 2.75 bits per heavy atom. The van der Waals surface area contributed by atoms with Crippen molar-refractivity contribution >= 4 is 40.1 Å². The number of nitrogens with one attached hydrogen (secondary N) is 1. The van der Waals surface area contributed by atoms with Crippen molar-refractivity contribution in [3.8, 4) is 0 Å². The highest BCUT2D eigenvalue weighted by molar-refractivity contribution is 14.1. The van der Waals surface area contributed by atoms with Crippen LogP contribution >= 0.6 is 34.2 Å². The van der Waals surface area contributed by atoms with Gasteiger partial charge >= 0.3 is 0 Å². The van der Waals surface area contributed by atoms with E-state index in [0.717, 1.165) is 23.1 Å². The van der Waals surface area contributed by atoms with Crippen molar-refractivity contribution in [3.63, 3.8) is 0 Å². The first kappa shape index (κ1) is 16.0. The van der Waals surface area contributed by atoms with Crippen molar-refractivity contribution in [2.75, 3.05) is 26.2 Å². The van der Waals surface area contributed by atoms with Gasteiger partial charge in [-0.15, -0.1) is 0 Å². The van der Waals surface area contributed by atoms with Crippen LogP contribution in [-0.2, 0) is 0 Å². The van der Waals surface area contributed by atoms with Crippen molar-refractivity contribution in [1.82, 2.24) is 10.2 Å². The molecule has 1 aromatic rings. The normalized spacial score (nSPS) is 16.1. The van der Waals surface area contributed by atoms with E-state index >= 15 is 0 Å². The molecule has 0 aromatic heterocycles. The first-order chi connectivity index (χ1) is 9.66. The quantitative estimate of drug-likeness (QED) is 0.599. The van der Waals surface area contributed by atoms with E-state index in [-0.39, 0.29) is 5.91 Å². The van der Waals surface area contributed by atoms with Gasteiger partial charge in [0, 0.05) is 15.7 Å². The summed E-state index contributed by atoms with van der Waals surface area (Å²) in [7, 11) is 0. The van der Waals surface area contributed by atoms with Crippen LogP contribution < -0.4 is 5.32 Å². The summed E-state index contributed by atoms with van der Waals surface area (Å²) in [4.78, 5) is 14.5. The van der Waals surface area contributed by atoms with Gasteiger partial charge in [-0.3, -0.25) is 4.79 Å². The summed E-state index contributed by atoms with van der Waals surface area (Å²) >= 11 is 8.18. The molecule has 5 heteroatoms. The minimum Gasteiger partial charge on any atom is -0.352 e. The van der Waals surface area contributed by atoms with Crippen molar-refractivity contribution in [2.24, 2.45) is 0 Å². The van der Waals surface area contributed by atoms with E-state index in [2.05, 4.69) is 32.8 Å². The third kappa shape index (κ3) is 4.90. The Labute approximate surface area is 139 Å². The average Bonchev–Trinajstić information content (AvgIpc) is 2.47. The molecule has 2 rings (SSSR count). The number of rotatable bonds is 5. The second-order valence-electron chi connectivity index (χ2n) is 5.14. The maximum atomic E-state index is 12.0. The fourth-order valence-electron chi connectivity index (χ4n) is 2.43. The van der Waals surface area contributed by atoms with Gasteiger partial charge in [0.2, 0.25) is 0 Å². The van der Waals surface area contributed by atoms with E-state index < -0.39 is 0 Å². The smallest absolute Gasteiger partial charge is 0.251 e. The zero-order valence-electron chi connectivity index (χ0n) is 11.5. The van der Waals surface area contributed by atoms with Crippen LogP contribution in [0.4, 0.5) is 0 Å². The molecule has 0 atom stereocenters. The highest BCUT2D eigenvalue weighted by Gasteiger charge is 2.10. The number of amides is 1. The van der Waals surface area contributed by atoms with Crippen molar-refractivity contribution < 1.29 is 4.79 Å². The molecule has 1 fully saturated rings. The van der Waals surface area contributed by atoms with Gasteiger partial charge < -0.3 is 10.2 Å². The second-order valence-corrected chi connectivity index (χ2v) is 6.71. The summed E-state index contributed by atoms with van der Waals surface area (Å²) in [6, 6.07) is 5.41. The molecular formula is C15H20ClIN2O. The van der Waals surface area contributed by atoms with Gasteiger partial charge in [-0.25, -0.2) is 0 Å². The zero-order chi connectivity index (χ0) is 14.4. The minimum absolute atomic E-state index is 0.0399. The van der Waals surface area contributed by atoms with E-state index in [1.54, 1.807) is 6.07 Å². The standard InChI is InChI=1S/C15H20ClIN2O/c16-13-11-12(5-6-14(13)17)15(20)18-7-4-10-19-8-2-1-3-9-19/h5-6,11H,1-4,7-10H2,(H,18,20). The lowest BCUT2D eigenvalue weighted by Crippen LogP contribution is -2.33. The van der Waals surface area contributed by atoms with Gasteiger partial charge in [-0.05, 0) is 79.7 Å². The van der Waals surface area contributed by atoms with E-state index in [4.69, 9.17) is 11.6 Å². The molecule has 3 nitrogen and oxygen atoms in total. The molecular weight excluding hydrogens is 387 g/mol. The summed E-state index contributed by atoms with van der Waals surface area (Å²) in [5, 5.41) is 3.59. The molecule has 1 aliphatic rings. The highest BCUT2D eigenvalue weighted by Crippen LogP contribution is 2.19. The SMILES string of the molecule is O=C(NCCCN1CCCCC1)c1ccc(I)c(Cl)c1. The van der Waals surface area contributed by atoms with Crippen LogP contribution in [0.1, 0.15) is 36.0 Å². The molecule has 1 aromatic carbocycles. The molecule has 1 aliphatic heterocycles. The summed E-state index contributed by atoms with van der Waals surface area (Å²) in [5.41, 5.74) is 0.633. The van der Waals surface area contributed by atoms with E-state index in [9.17, 15) is 4.79 Å². The summed E-state index contributed by atoms with van der Waals surface area (Å²) in [6.45, 7) is 4.22. The number of carbonyl (C=O) groups excluding carboxylic acids is 1. The average molecular weight is 407 g/mol. The fraction of sp³-hybridized carbons (Fsp3) is 0.533. The molecule has 0 aliphatic carbocycles. The topological polar surface area (TPSA) is 32.3 Å². The molecule has 1 amide bonds. The molecule has 1 N–H and O–H groups in total. The van der Waals surface area contributed by atoms with Gasteiger partial charge in [0.1, 0.15) is 0 Å². The fourth-order valence-corrected chi connectivity index (χ4v) is 2.94. The molecule has 0 bridgehead atoms. The lowest BCUT2D eigenvalue weighted by atomic mass is 10.1. The Kier molecular flexibility index (Phi) is 6.58. The van der Waals surface area contributed by atoms with Crippen LogP contribution in [0.5, 0.6) is 0 Å². The largest absolute Gasteiger partial charge is 0.352 e. The van der Waals surface area contributed by atoms with Crippen LogP contribution in [0.25, 0.3) is 0 Å². The predicted molar refractivity (Wildman–Crippen MR) is 91.4 cm³/mol. The van der Waals surface area contributed by atoms with Gasteiger partial charge in [-0.2, -0.15) is 0 Å². The Balaban J connectivity index is 1.70.